The predicted molar refractivity (Wildman–Crippen MR) is 75.8 cm³/mol. The van der Waals surface area contributed by atoms with Crippen molar-refractivity contribution in [3.05, 3.63) is 69.7 Å². The molecule has 2 rings (SSSR count). The molecule has 0 radical (unpaired) electrons. The molecular formula is C15H14BrF2N. The summed E-state index contributed by atoms with van der Waals surface area (Å²) >= 11 is 3.48. The molecule has 0 aliphatic heterocycles. The molecule has 19 heavy (non-hydrogen) atoms. The fourth-order valence-electron chi connectivity index (χ4n) is 1.88. The molecule has 0 saturated carbocycles. The summed E-state index contributed by atoms with van der Waals surface area (Å²) in [6, 6.07) is 11.4. The van der Waals surface area contributed by atoms with Crippen molar-refractivity contribution in [1.29, 1.82) is 0 Å². The van der Waals surface area contributed by atoms with Gasteiger partial charge in [-0.3, -0.25) is 0 Å². The molecule has 1 N–H and O–H groups in total. The van der Waals surface area contributed by atoms with Crippen LogP contribution < -0.4 is 5.32 Å². The molecule has 1 nitrogen and oxygen atoms in total. The van der Waals surface area contributed by atoms with Crippen LogP contribution in [0.1, 0.15) is 24.1 Å². The van der Waals surface area contributed by atoms with Crippen molar-refractivity contribution in [2.24, 2.45) is 0 Å². The Kier molecular flexibility index (Phi) is 4.66. The molecule has 0 aliphatic carbocycles. The summed E-state index contributed by atoms with van der Waals surface area (Å²) in [5.74, 6) is -0.819. The maximum Gasteiger partial charge on any atom is 0.127 e. The second kappa shape index (κ2) is 6.26. The molecule has 0 aromatic heterocycles. The Morgan fingerprint density at radius 2 is 1.89 bits per heavy atom. The quantitative estimate of drug-likeness (QED) is 0.867. The first-order valence-corrected chi connectivity index (χ1v) is 6.79. The van der Waals surface area contributed by atoms with E-state index in [1.807, 2.05) is 31.2 Å². The van der Waals surface area contributed by atoms with Crippen molar-refractivity contribution in [3.8, 4) is 0 Å². The van der Waals surface area contributed by atoms with Crippen LogP contribution in [0.5, 0.6) is 0 Å². The number of halogens is 3. The van der Waals surface area contributed by atoms with E-state index in [9.17, 15) is 8.78 Å². The highest BCUT2D eigenvalue weighted by molar-refractivity contribution is 9.10. The lowest BCUT2D eigenvalue weighted by atomic mass is 10.1. The van der Waals surface area contributed by atoms with Crippen molar-refractivity contribution in [1.82, 2.24) is 5.32 Å². The van der Waals surface area contributed by atoms with Gasteiger partial charge in [0.1, 0.15) is 11.6 Å². The zero-order chi connectivity index (χ0) is 13.8. The second-order valence-corrected chi connectivity index (χ2v) is 5.21. The molecule has 2 aromatic carbocycles. The molecule has 0 bridgehead atoms. The predicted octanol–water partition coefficient (Wildman–Crippen LogP) is 4.58. The van der Waals surface area contributed by atoms with Gasteiger partial charge in [-0.25, -0.2) is 8.78 Å². The summed E-state index contributed by atoms with van der Waals surface area (Å²) in [6.07, 6.45) is 0. The van der Waals surface area contributed by atoms with Gasteiger partial charge < -0.3 is 5.32 Å². The standard InChI is InChI=1S/C15H14BrF2N/c1-10(13-4-2-3-5-14(13)16)19-9-11-8-12(17)6-7-15(11)18/h2-8,10,19H,9H2,1H3/t10-/m1/s1. The topological polar surface area (TPSA) is 12.0 Å². The van der Waals surface area contributed by atoms with Crippen molar-refractivity contribution in [3.63, 3.8) is 0 Å². The monoisotopic (exact) mass is 325 g/mol. The minimum absolute atomic E-state index is 0.0400. The molecular weight excluding hydrogens is 312 g/mol. The van der Waals surface area contributed by atoms with E-state index >= 15 is 0 Å². The number of benzene rings is 2. The molecule has 0 unspecified atom stereocenters. The van der Waals surface area contributed by atoms with Gasteiger partial charge in [0.25, 0.3) is 0 Å². The van der Waals surface area contributed by atoms with Gasteiger partial charge in [0.2, 0.25) is 0 Å². The Morgan fingerprint density at radius 1 is 1.16 bits per heavy atom. The summed E-state index contributed by atoms with van der Waals surface area (Å²) in [5, 5.41) is 3.19. The van der Waals surface area contributed by atoms with E-state index in [2.05, 4.69) is 21.2 Å². The first kappa shape index (κ1) is 14.2. The summed E-state index contributed by atoms with van der Waals surface area (Å²) in [4.78, 5) is 0. The van der Waals surface area contributed by atoms with E-state index in [0.717, 1.165) is 22.2 Å². The highest BCUT2D eigenvalue weighted by Gasteiger charge is 2.10. The number of hydrogen-bond acceptors (Lipinski definition) is 1. The van der Waals surface area contributed by atoms with Gasteiger partial charge in [-0.05, 0) is 36.8 Å². The average Bonchev–Trinajstić information content (AvgIpc) is 2.40. The maximum atomic E-state index is 13.5. The van der Waals surface area contributed by atoms with E-state index in [0.29, 0.717) is 5.56 Å². The minimum atomic E-state index is -0.424. The zero-order valence-corrected chi connectivity index (χ0v) is 12.0. The van der Waals surface area contributed by atoms with E-state index < -0.39 is 11.6 Å². The van der Waals surface area contributed by atoms with Crippen LogP contribution >= 0.6 is 15.9 Å². The second-order valence-electron chi connectivity index (χ2n) is 4.36. The molecule has 1 atom stereocenters. The SMILES string of the molecule is C[C@@H](NCc1cc(F)ccc1F)c1ccccc1Br. The lowest BCUT2D eigenvalue weighted by Crippen LogP contribution is -2.19. The van der Waals surface area contributed by atoms with Gasteiger partial charge in [-0.15, -0.1) is 0 Å². The summed E-state index contributed by atoms with van der Waals surface area (Å²) in [7, 11) is 0. The smallest absolute Gasteiger partial charge is 0.127 e. The Bertz CT molecular complexity index is 572. The van der Waals surface area contributed by atoms with Crippen LogP contribution in [-0.2, 0) is 6.54 Å². The summed E-state index contributed by atoms with van der Waals surface area (Å²) in [6.45, 7) is 2.27. The lowest BCUT2D eigenvalue weighted by molar-refractivity contribution is 0.534. The molecule has 2 aromatic rings. The van der Waals surface area contributed by atoms with Crippen LogP contribution in [0.25, 0.3) is 0 Å². The van der Waals surface area contributed by atoms with Gasteiger partial charge >= 0.3 is 0 Å². The fraction of sp³-hybridized carbons (Fsp3) is 0.200. The zero-order valence-electron chi connectivity index (χ0n) is 10.5. The molecule has 0 spiro atoms. The molecule has 4 heteroatoms. The van der Waals surface area contributed by atoms with Crippen LogP contribution in [0.2, 0.25) is 0 Å². The van der Waals surface area contributed by atoms with Crippen LogP contribution in [0.15, 0.2) is 46.9 Å². The van der Waals surface area contributed by atoms with E-state index in [4.69, 9.17) is 0 Å². The van der Waals surface area contributed by atoms with Crippen molar-refractivity contribution in [2.45, 2.75) is 19.5 Å². The summed E-state index contributed by atoms with van der Waals surface area (Å²) in [5.41, 5.74) is 1.42. The first-order valence-electron chi connectivity index (χ1n) is 5.99. The molecule has 0 heterocycles. The Balaban J connectivity index is 2.06. The minimum Gasteiger partial charge on any atom is -0.306 e. The normalized spacial score (nSPS) is 12.4. The average molecular weight is 326 g/mol. The van der Waals surface area contributed by atoms with Crippen LogP contribution in [0.4, 0.5) is 8.78 Å². The van der Waals surface area contributed by atoms with Crippen molar-refractivity contribution >= 4 is 15.9 Å². The number of rotatable bonds is 4. The highest BCUT2D eigenvalue weighted by atomic mass is 79.9. The lowest BCUT2D eigenvalue weighted by Gasteiger charge is -2.16. The Labute approximate surface area is 119 Å². The van der Waals surface area contributed by atoms with Crippen LogP contribution in [0, 0.1) is 11.6 Å². The fourth-order valence-corrected chi connectivity index (χ4v) is 2.51. The third-order valence-electron chi connectivity index (χ3n) is 2.98. The van der Waals surface area contributed by atoms with Crippen LogP contribution in [-0.4, -0.2) is 0 Å². The van der Waals surface area contributed by atoms with Crippen molar-refractivity contribution < 1.29 is 8.78 Å². The molecule has 0 fully saturated rings. The maximum absolute atomic E-state index is 13.5. The number of hydrogen-bond donors (Lipinski definition) is 1. The molecule has 0 saturated heterocycles. The Morgan fingerprint density at radius 3 is 2.63 bits per heavy atom. The van der Waals surface area contributed by atoms with Gasteiger partial charge in [0.05, 0.1) is 0 Å². The van der Waals surface area contributed by atoms with Gasteiger partial charge in [-0.2, -0.15) is 0 Å². The third kappa shape index (κ3) is 3.61. The van der Waals surface area contributed by atoms with E-state index in [1.165, 1.54) is 6.07 Å². The van der Waals surface area contributed by atoms with Crippen LogP contribution in [0.3, 0.4) is 0 Å². The van der Waals surface area contributed by atoms with E-state index in [-0.39, 0.29) is 12.6 Å². The van der Waals surface area contributed by atoms with Crippen molar-refractivity contribution in [2.75, 3.05) is 0 Å². The number of nitrogens with one attached hydrogen (secondary N) is 1. The van der Waals surface area contributed by atoms with Gasteiger partial charge in [0.15, 0.2) is 0 Å². The van der Waals surface area contributed by atoms with Gasteiger partial charge in [-0.1, -0.05) is 34.1 Å². The molecule has 0 aliphatic rings. The summed E-state index contributed by atoms with van der Waals surface area (Å²) < 4.78 is 27.5. The third-order valence-corrected chi connectivity index (χ3v) is 3.70. The largest absolute Gasteiger partial charge is 0.306 e. The molecule has 100 valence electrons. The highest BCUT2D eigenvalue weighted by Crippen LogP contribution is 2.23. The van der Waals surface area contributed by atoms with E-state index in [1.54, 1.807) is 0 Å². The molecule has 0 amide bonds. The Hall–Kier alpha value is -1.26. The first-order chi connectivity index (χ1) is 9.08. The van der Waals surface area contributed by atoms with Gasteiger partial charge in [0, 0.05) is 22.6 Å².